The molecule has 134 valence electrons. The van der Waals surface area contributed by atoms with Gasteiger partial charge in [0.15, 0.2) is 5.65 Å². The van der Waals surface area contributed by atoms with Crippen LogP contribution < -0.4 is 0 Å². The fourth-order valence-corrected chi connectivity index (χ4v) is 3.98. The molecule has 6 nitrogen and oxygen atoms in total. The monoisotopic (exact) mass is 357 g/mol. The molecule has 0 atom stereocenters. The SMILES string of the molecule is O=C(c1nccc2ccccc12)N1CCC(c2ccnc3ccnn23)CC1. The molecule has 6 heteroatoms. The lowest BCUT2D eigenvalue weighted by molar-refractivity contribution is 0.0708. The molecule has 3 aromatic heterocycles. The fraction of sp³-hybridized carbons (Fsp3) is 0.238. The average molecular weight is 357 g/mol. The van der Waals surface area contributed by atoms with Crippen LogP contribution in [0.2, 0.25) is 0 Å². The molecule has 0 saturated carbocycles. The molecule has 5 rings (SSSR count). The van der Waals surface area contributed by atoms with E-state index in [0.717, 1.165) is 42.4 Å². The first-order valence-electron chi connectivity index (χ1n) is 9.23. The number of likely N-dealkylation sites (tertiary alicyclic amines) is 1. The maximum Gasteiger partial charge on any atom is 0.273 e. The third-order valence-corrected chi connectivity index (χ3v) is 5.40. The van der Waals surface area contributed by atoms with E-state index in [1.807, 2.05) is 58.1 Å². The van der Waals surface area contributed by atoms with Gasteiger partial charge in [0.2, 0.25) is 0 Å². The number of pyridine rings is 1. The second-order valence-electron chi connectivity index (χ2n) is 6.92. The van der Waals surface area contributed by atoms with Crippen LogP contribution in [0.3, 0.4) is 0 Å². The van der Waals surface area contributed by atoms with E-state index < -0.39 is 0 Å². The number of rotatable bonds is 2. The van der Waals surface area contributed by atoms with Gasteiger partial charge in [-0.15, -0.1) is 0 Å². The average Bonchev–Trinajstić information content (AvgIpc) is 3.22. The Morgan fingerprint density at radius 3 is 2.63 bits per heavy atom. The summed E-state index contributed by atoms with van der Waals surface area (Å²) in [5.41, 5.74) is 2.58. The molecule has 1 saturated heterocycles. The standard InChI is InChI=1S/C21H19N5O/c27-21(20-17-4-2-1-3-15(17)5-10-23-20)25-13-8-16(9-14-25)18-6-11-22-19-7-12-24-26(18)19/h1-7,10-12,16H,8-9,13-14H2. The van der Waals surface area contributed by atoms with Crippen molar-refractivity contribution in [2.75, 3.05) is 13.1 Å². The van der Waals surface area contributed by atoms with Gasteiger partial charge in [0.05, 0.1) is 6.20 Å². The Balaban J connectivity index is 1.37. The van der Waals surface area contributed by atoms with Gasteiger partial charge in [-0.2, -0.15) is 5.10 Å². The van der Waals surface area contributed by atoms with Crippen LogP contribution in [0.4, 0.5) is 0 Å². The number of fused-ring (bicyclic) bond motifs is 2. The maximum atomic E-state index is 13.1. The van der Waals surface area contributed by atoms with Crippen molar-refractivity contribution in [1.82, 2.24) is 24.5 Å². The van der Waals surface area contributed by atoms with E-state index in [0.29, 0.717) is 11.6 Å². The highest BCUT2D eigenvalue weighted by Crippen LogP contribution is 2.29. The van der Waals surface area contributed by atoms with Gasteiger partial charge in [-0.05, 0) is 30.4 Å². The second-order valence-corrected chi connectivity index (χ2v) is 6.92. The zero-order valence-corrected chi connectivity index (χ0v) is 14.8. The molecule has 27 heavy (non-hydrogen) atoms. The number of hydrogen-bond donors (Lipinski definition) is 0. The molecule has 0 N–H and O–H groups in total. The Labute approximate surface area is 156 Å². The number of benzene rings is 1. The summed E-state index contributed by atoms with van der Waals surface area (Å²) in [5, 5.41) is 6.35. The minimum Gasteiger partial charge on any atom is -0.337 e. The molecule has 1 aliphatic heterocycles. The van der Waals surface area contributed by atoms with E-state index in [1.54, 1.807) is 12.4 Å². The number of carbonyl (C=O) groups is 1. The zero-order chi connectivity index (χ0) is 18.2. The third-order valence-electron chi connectivity index (χ3n) is 5.40. The van der Waals surface area contributed by atoms with Crippen LogP contribution in [0.25, 0.3) is 16.4 Å². The van der Waals surface area contributed by atoms with E-state index in [-0.39, 0.29) is 5.91 Å². The molecule has 0 aliphatic carbocycles. The summed E-state index contributed by atoms with van der Waals surface area (Å²) in [4.78, 5) is 23.7. The normalized spacial score (nSPS) is 15.5. The molecule has 4 aromatic rings. The first-order valence-corrected chi connectivity index (χ1v) is 9.23. The summed E-state index contributed by atoms with van der Waals surface area (Å²) in [6.45, 7) is 1.44. The van der Waals surface area contributed by atoms with Gasteiger partial charge >= 0.3 is 0 Å². The zero-order valence-electron chi connectivity index (χ0n) is 14.8. The lowest BCUT2D eigenvalue weighted by Gasteiger charge is -2.32. The van der Waals surface area contributed by atoms with Crippen molar-refractivity contribution in [3.05, 3.63) is 72.4 Å². The fourth-order valence-electron chi connectivity index (χ4n) is 3.98. The van der Waals surface area contributed by atoms with E-state index in [9.17, 15) is 4.79 Å². The number of carbonyl (C=O) groups excluding carboxylic acids is 1. The molecule has 0 spiro atoms. The van der Waals surface area contributed by atoms with Crippen LogP contribution in [-0.2, 0) is 0 Å². The molecule has 0 radical (unpaired) electrons. The quantitative estimate of drug-likeness (QED) is 0.552. The Hall–Kier alpha value is -3.28. The van der Waals surface area contributed by atoms with Gasteiger partial charge in [-0.1, -0.05) is 24.3 Å². The first-order chi connectivity index (χ1) is 13.3. The summed E-state index contributed by atoms with van der Waals surface area (Å²) in [7, 11) is 0. The van der Waals surface area contributed by atoms with Crippen molar-refractivity contribution in [2.24, 2.45) is 0 Å². The maximum absolute atomic E-state index is 13.1. The molecule has 0 bridgehead atoms. The van der Waals surface area contributed by atoms with Crippen LogP contribution in [0.1, 0.15) is 34.9 Å². The predicted molar refractivity (Wildman–Crippen MR) is 103 cm³/mol. The number of aromatic nitrogens is 4. The van der Waals surface area contributed by atoms with Crippen molar-refractivity contribution >= 4 is 22.3 Å². The Bertz CT molecular complexity index is 1120. The minimum atomic E-state index is 0.0178. The third kappa shape index (κ3) is 2.73. The molecule has 0 unspecified atom stereocenters. The van der Waals surface area contributed by atoms with Crippen LogP contribution in [0.5, 0.6) is 0 Å². The van der Waals surface area contributed by atoms with Gasteiger partial charge in [0.1, 0.15) is 5.69 Å². The summed E-state index contributed by atoms with van der Waals surface area (Å²) in [6, 6.07) is 13.8. The Morgan fingerprint density at radius 1 is 0.926 bits per heavy atom. The minimum absolute atomic E-state index is 0.0178. The molecule has 4 heterocycles. The molecule has 1 aliphatic rings. The van der Waals surface area contributed by atoms with Crippen LogP contribution in [-0.4, -0.2) is 43.5 Å². The predicted octanol–water partition coefficient (Wildman–Crippen LogP) is 3.30. The topological polar surface area (TPSA) is 63.4 Å². The van der Waals surface area contributed by atoms with E-state index in [1.165, 1.54) is 5.69 Å². The van der Waals surface area contributed by atoms with Crippen molar-refractivity contribution in [1.29, 1.82) is 0 Å². The highest BCUT2D eigenvalue weighted by atomic mass is 16.2. The van der Waals surface area contributed by atoms with Crippen LogP contribution in [0, 0.1) is 0 Å². The molecule has 1 amide bonds. The molecule has 1 fully saturated rings. The van der Waals surface area contributed by atoms with Crippen molar-refractivity contribution in [3.63, 3.8) is 0 Å². The number of amides is 1. The van der Waals surface area contributed by atoms with Crippen LogP contribution >= 0.6 is 0 Å². The van der Waals surface area contributed by atoms with Crippen LogP contribution in [0.15, 0.2) is 61.1 Å². The first kappa shape index (κ1) is 15.9. The van der Waals surface area contributed by atoms with E-state index >= 15 is 0 Å². The van der Waals surface area contributed by atoms with E-state index in [2.05, 4.69) is 15.1 Å². The molecule has 1 aromatic carbocycles. The van der Waals surface area contributed by atoms with Crippen molar-refractivity contribution in [2.45, 2.75) is 18.8 Å². The van der Waals surface area contributed by atoms with Gasteiger partial charge < -0.3 is 4.90 Å². The van der Waals surface area contributed by atoms with E-state index in [4.69, 9.17) is 0 Å². The van der Waals surface area contributed by atoms with Gasteiger partial charge in [0, 0.05) is 48.5 Å². The highest BCUT2D eigenvalue weighted by Gasteiger charge is 2.27. The second kappa shape index (κ2) is 6.46. The van der Waals surface area contributed by atoms with Crippen molar-refractivity contribution in [3.8, 4) is 0 Å². The Kier molecular flexibility index (Phi) is 3.81. The number of hydrogen-bond acceptors (Lipinski definition) is 4. The lowest BCUT2D eigenvalue weighted by atomic mass is 9.93. The highest BCUT2D eigenvalue weighted by molar-refractivity contribution is 6.05. The Morgan fingerprint density at radius 2 is 1.74 bits per heavy atom. The van der Waals surface area contributed by atoms with Gasteiger partial charge in [-0.3, -0.25) is 9.78 Å². The van der Waals surface area contributed by atoms with Gasteiger partial charge in [-0.25, -0.2) is 9.50 Å². The largest absolute Gasteiger partial charge is 0.337 e. The summed E-state index contributed by atoms with van der Waals surface area (Å²) < 4.78 is 1.91. The summed E-state index contributed by atoms with van der Waals surface area (Å²) >= 11 is 0. The summed E-state index contributed by atoms with van der Waals surface area (Å²) in [5.74, 6) is 0.393. The summed E-state index contributed by atoms with van der Waals surface area (Å²) in [6.07, 6.45) is 7.15. The van der Waals surface area contributed by atoms with Crippen molar-refractivity contribution < 1.29 is 4.79 Å². The molecular formula is C21H19N5O. The number of piperidine rings is 1. The lowest BCUT2D eigenvalue weighted by Crippen LogP contribution is -2.38. The number of nitrogens with zero attached hydrogens (tertiary/aromatic N) is 5. The molecular weight excluding hydrogens is 338 g/mol. The van der Waals surface area contributed by atoms with Gasteiger partial charge in [0.25, 0.3) is 5.91 Å². The smallest absolute Gasteiger partial charge is 0.273 e.